The average Bonchev–Trinajstić information content (AvgIpc) is 1.98. The lowest BCUT2D eigenvalue weighted by Gasteiger charge is -2.10. The SMILES string of the molecule is C=C(CCC(S(=O)(=O)O)S(=O)(=O)O)C(=O)O. The summed E-state index contributed by atoms with van der Waals surface area (Å²) < 4.78 is 57.0. The largest absolute Gasteiger partial charge is 0.478 e. The van der Waals surface area contributed by atoms with Crippen LogP contribution < -0.4 is 0 Å². The second kappa shape index (κ2) is 4.91. The minimum atomic E-state index is -5.02. The van der Waals surface area contributed by atoms with Gasteiger partial charge < -0.3 is 5.11 Å². The molecular weight excluding hydrogens is 264 g/mol. The van der Waals surface area contributed by atoms with Crippen LogP contribution in [0.3, 0.4) is 0 Å². The van der Waals surface area contributed by atoms with Crippen LogP contribution >= 0.6 is 0 Å². The molecule has 0 rings (SSSR count). The van der Waals surface area contributed by atoms with E-state index in [2.05, 4.69) is 6.58 Å². The highest BCUT2D eigenvalue weighted by molar-refractivity contribution is 8.03. The van der Waals surface area contributed by atoms with Gasteiger partial charge in [-0.2, -0.15) is 16.8 Å². The van der Waals surface area contributed by atoms with Crippen molar-refractivity contribution in [3.8, 4) is 0 Å². The molecule has 0 spiro atoms. The number of carbonyl (C=O) groups is 1. The molecule has 0 atom stereocenters. The highest BCUT2D eigenvalue weighted by Gasteiger charge is 2.35. The predicted molar refractivity (Wildman–Crippen MR) is 52.9 cm³/mol. The van der Waals surface area contributed by atoms with Crippen molar-refractivity contribution in [3.05, 3.63) is 12.2 Å². The van der Waals surface area contributed by atoms with E-state index in [1.54, 1.807) is 0 Å². The third-order valence-corrected chi connectivity index (χ3v) is 4.91. The van der Waals surface area contributed by atoms with Crippen LogP contribution in [0.4, 0.5) is 0 Å². The van der Waals surface area contributed by atoms with Gasteiger partial charge in [0.25, 0.3) is 20.2 Å². The molecule has 10 heteroatoms. The molecule has 0 radical (unpaired) electrons. The molecule has 0 aromatic heterocycles. The summed E-state index contributed by atoms with van der Waals surface area (Å²) in [5, 5.41) is 8.38. The summed E-state index contributed by atoms with van der Waals surface area (Å²) >= 11 is 0. The molecule has 94 valence electrons. The molecule has 0 bridgehead atoms. The Labute approximate surface area is 92.1 Å². The molecule has 0 heterocycles. The third kappa shape index (κ3) is 4.70. The van der Waals surface area contributed by atoms with Gasteiger partial charge in [0.05, 0.1) is 0 Å². The van der Waals surface area contributed by atoms with Gasteiger partial charge in [0.1, 0.15) is 0 Å². The van der Waals surface area contributed by atoms with E-state index < -0.39 is 49.2 Å². The maximum atomic E-state index is 10.6. The van der Waals surface area contributed by atoms with Gasteiger partial charge in [-0.1, -0.05) is 6.58 Å². The molecule has 0 saturated carbocycles. The van der Waals surface area contributed by atoms with E-state index in [1.807, 2.05) is 0 Å². The van der Waals surface area contributed by atoms with Crippen molar-refractivity contribution in [1.82, 2.24) is 0 Å². The summed E-state index contributed by atoms with van der Waals surface area (Å²) in [6, 6.07) is 0. The number of rotatable bonds is 6. The van der Waals surface area contributed by atoms with Gasteiger partial charge in [0, 0.05) is 5.57 Å². The summed E-state index contributed by atoms with van der Waals surface area (Å²) in [5.74, 6) is -1.43. The van der Waals surface area contributed by atoms with Gasteiger partial charge in [-0.15, -0.1) is 0 Å². The zero-order valence-electron chi connectivity index (χ0n) is 7.90. The summed E-state index contributed by atoms with van der Waals surface area (Å²) in [6.07, 6.45) is -1.29. The highest BCUT2D eigenvalue weighted by atomic mass is 32.3. The van der Waals surface area contributed by atoms with Crippen LogP contribution in [0.1, 0.15) is 12.8 Å². The second-order valence-electron chi connectivity index (χ2n) is 2.91. The van der Waals surface area contributed by atoms with Gasteiger partial charge in [0.15, 0.2) is 0 Å². The van der Waals surface area contributed by atoms with Crippen LogP contribution in [0.5, 0.6) is 0 Å². The lowest BCUT2D eigenvalue weighted by molar-refractivity contribution is -0.132. The molecule has 8 nitrogen and oxygen atoms in total. The minimum Gasteiger partial charge on any atom is -0.478 e. The standard InChI is InChI=1S/C6H10O8S2/c1-4(6(7)8)2-3-5(15(9,10)11)16(12,13)14/h5H,1-3H2,(H,7,8)(H,9,10,11)(H,12,13,14). The first kappa shape index (κ1) is 15.0. The zero-order chi connectivity index (χ0) is 13.1. The van der Waals surface area contributed by atoms with E-state index in [4.69, 9.17) is 14.2 Å². The van der Waals surface area contributed by atoms with E-state index in [9.17, 15) is 21.6 Å². The fourth-order valence-corrected chi connectivity index (χ4v) is 2.91. The van der Waals surface area contributed by atoms with Crippen molar-refractivity contribution in [2.45, 2.75) is 17.4 Å². The topological polar surface area (TPSA) is 146 Å². The van der Waals surface area contributed by atoms with E-state index in [1.165, 1.54) is 0 Å². The van der Waals surface area contributed by atoms with Crippen molar-refractivity contribution in [3.63, 3.8) is 0 Å². The maximum absolute atomic E-state index is 10.6. The Balaban J connectivity index is 4.89. The monoisotopic (exact) mass is 274 g/mol. The van der Waals surface area contributed by atoms with Gasteiger partial charge in [-0.05, 0) is 12.8 Å². The summed E-state index contributed by atoms with van der Waals surface area (Å²) in [4.78, 5) is 10.3. The molecule has 0 fully saturated rings. The third-order valence-electron chi connectivity index (χ3n) is 1.65. The molecule has 0 amide bonds. The molecule has 0 aromatic rings. The van der Waals surface area contributed by atoms with E-state index in [0.29, 0.717) is 0 Å². The van der Waals surface area contributed by atoms with E-state index in [-0.39, 0.29) is 0 Å². The molecule has 0 saturated heterocycles. The van der Waals surface area contributed by atoms with Crippen molar-refractivity contribution in [2.24, 2.45) is 0 Å². The van der Waals surface area contributed by atoms with Gasteiger partial charge >= 0.3 is 5.97 Å². The first-order chi connectivity index (χ1) is 6.96. The molecule has 0 aliphatic rings. The fourth-order valence-electron chi connectivity index (χ4n) is 0.851. The summed E-state index contributed by atoms with van der Waals surface area (Å²) in [6.45, 7) is 3.04. The van der Waals surface area contributed by atoms with E-state index >= 15 is 0 Å². The summed E-state index contributed by atoms with van der Waals surface area (Å²) in [7, 11) is -10.0. The van der Waals surface area contributed by atoms with Crippen LogP contribution in [-0.2, 0) is 25.0 Å². The quantitative estimate of drug-likeness (QED) is 0.434. The number of hydrogen-bond donors (Lipinski definition) is 3. The van der Waals surface area contributed by atoms with Crippen molar-refractivity contribution in [2.75, 3.05) is 0 Å². The zero-order valence-corrected chi connectivity index (χ0v) is 9.53. The fraction of sp³-hybridized carbons (Fsp3) is 0.500. The lowest BCUT2D eigenvalue weighted by Crippen LogP contribution is -2.29. The van der Waals surface area contributed by atoms with Crippen molar-refractivity contribution in [1.29, 1.82) is 0 Å². The Bertz CT molecular complexity index is 453. The molecular formula is C6H10O8S2. The minimum absolute atomic E-state index is 0.433. The first-order valence-electron chi connectivity index (χ1n) is 3.80. The predicted octanol–water partition coefficient (Wildman–Crippen LogP) is -0.491. The van der Waals surface area contributed by atoms with Crippen LogP contribution in [-0.4, -0.2) is 41.6 Å². The molecule has 0 aliphatic heterocycles. The van der Waals surface area contributed by atoms with Crippen LogP contribution in [0, 0.1) is 0 Å². The second-order valence-corrected chi connectivity index (χ2v) is 6.40. The van der Waals surface area contributed by atoms with Gasteiger partial charge in [-0.25, -0.2) is 4.79 Å². The van der Waals surface area contributed by atoms with Gasteiger partial charge in [-0.3, -0.25) is 9.11 Å². The van der Waals surface area contributed by atoms with Gasteiger partial charge in [0.2, 0.25) is 4.58 Å². The lowest BCUT2D eigenvalue weighted by atomic mass is 10.2. The Morgan fingerprint density at radius 2 is 1.50 bits per heavy atom. The number of carboxylic acids is 1. The molecule has 16 heavy (non-hydrogen) atoms. The number of hydrogen-bond acceptors (Lipinski definition) is 5. The first-order valence-corrected chi connectivity index (χ1v) is 6.80. The number of aliphatic carboxylic acids is 1. The molecule has 3 N–H and O–H groups in total. The van der Waals surface area contributed by atoms with Crippen LogP contribution in [0.25, 0.3) is 0 Å². The maximum Gasteiger partial charge on any atom is 0.330 e. The van der Waals surface area contributed by atoms with Crippen molar-refractivity contribution >= 4 is 26.2 Å². The number of carboxylic acid groups (broad SMARTS) is 1. The highest BCUT2D eigenvalue weighted by Crippen LogP contribution is 2.16. The smallest absolute Gasteiger partial charge is 0.330 e. The normalized spacial score (nSPS) is 12.7. The molecule has 0 aliphatic carbocycles. The Hall–Kier alpha value is -0.970. The molecule has 0 aromatic carbocycles. The Morgan fingerprint density at radius 3 is 1.75 bits per heavy atom. The van der Waals surface area contributed by atoms with E-state index in [0.717, 1.165) is 0 Å². The van der Waals surface area contributed by atoms with Crippen LogP contribution in [0.2, 0.25) is 0 Å². The Morgan fingerprint density at radius 1 is 1.12 bits per heavy atom. The molecule has 0 unspecified atom stereocenters. The average molecular weight is 274 g/mol. The summed E-state index contributed by atoms with van der Waals surface area (Å²) in [5.41, 5.74) is -0.433. The Kier molecular flexibility index (Phi) is 4.61. The van der Waals surface area contributed by atoms with Crippen LogP contribution in [0.15, 0.2) is 12.2 Å². The van der Waals surface area contributed by atoms with Crippen molar-refractivity contribution < 1.29 is 35.8 Å².